The van der Waals surface area contributed by atoms with E-state index in [2.05, 4.69) is 4.99 Å². The maximum Gasteiger partial charge on any atom is 0.338 e. The van der Waals surface area contributed by atoms with Gasteiger partial charge < -0.3 is 14.2 Å². The molecule has 0 unspecified atom stereocenters. The van der Waals surface area contributed by atoms with E-state index < -0.39 is 17.1 Å². The van der Waals surface area contributed by atoms with Crippen molar-refractivity contribution < 1.29 is 23.8 Å². The molecule has 0 fully saturated rings. The minimum atomic E-state index is -1.23. The molecule has 1 heterocycles. The average Bonchev–Trinajstić information content (AvgIpc) is 2.98. The highest BCUT2D eigenvalue weighted by Gasteiger charge is 2.47. The van der Waals surface area contributed by atoms with Crippen molar-refractivity contribution in [2.75, 3.05) is 13.2 Å². The number of aliphatic imine (C=N–C) groups is 1. The van der Waals surface area contributed by atoms with Gasteiger partial charge in [-0.1, -0.05) is 18.2 Å². The molecule has 25 heavy (non-hydrogen) atoms. The summed E-state index contributed by atoms with van der Waals surface area (Å²) >= 11 is 0. The van der Waals surface area contributed by atoms with Crippen LogP contribution in [0.1, 0.15) is 46.1 Å². The van der Waals surface area contributed by atoms with Crippen LogP contribution in [-0.2, 0) is 23.8 Å². The molecule has 0 amide bonds. The van der Waals surface area contributed by atoms with E-state index in [9.17, 15) is 9.59 Å². The molecule has 1 atom stereocenters. The highest BCUT2D eigenvalue weighted by atomic mass is 16.6. The number of hydrogen-bond donors (Lipinski definition) is 0. The van der Waals surface area contributed by atoms with Crippen molar-refractivity contribution in [1.29, 1.82) is 0 Å². The fraction of sp³-hybridized carbons (Fsp3) is 0.526. The van der Waals surface area contributed by atoms with E-state index in [1.165, 1.54) is 0 Å². The second kappa shape index (κ2) is 7.68. The minimum absolute atomic E-state index is 0.0472. The zero-order chi connectivity index (χ0) is 18.5. The lowest BCUT2D eigenvalue weighted by Crippen LogP contribution is -2.43. The molecule has 6 heteroatoms. The third kappa shape index (κ3) is 5.05. The van der Waals surface area contributed by atoms with E-state index in [-0.39, 0.29) is 25.4 Å². The van der Waals surface area contributed by atoms with E-state index in [0.717, 1.165) is 5.56 Å². The summed E-state index contributed by atoms with van der Waals surface area (Å²) in [5, 5.41) is 0. The first-order valence-electron chi connectivity index (χ1n) is 8.43. The van der Waals surface area contributed by atoms with E-state index in [0.29, 0.717) is 12.5 Å². The standard InChI is InChI=1S/C19H25NO5/c1-5-23-15(21)11-12-19(17(22)25-18(2,3)4)13-24-16(20-19)14-9-7-6-8-10-14/h6-10H,5,11-13H2,1-4H3/t19-/m0/s1. The maximum atomic E-state index is 12.8. The molecule has 0 aliphatic carbocycles. The predicted octanol–water partition coefficient (Wildman–Crippen LogP) is 2.89. The van der Waals surface area contributed by atoms with Gasteiger partial charge in [0.2, 0.25) is 5.90 Å². The zero-order valence-electron chi connectivity index (χ0n) is 15.2. The molecule has 136 valence electrons. The van der Waals surface area contributed by atoms with E-state index in [1.807, 2.05) is 30.3 Å². The van der Waals surface area contributed by atoms with Gasteiger partial charge in [0.1, 0.15) is 12.2 Å². The van der Waals surface area contributed by atoms with Crippen LogP contribution in [0.2, 0.25) is 0 Å². The lowest BCUT2D eigenvalue weighted by Gasteiger charge is -2.27. The van der Waals surface area contributed by atoms with E-state index >= 15 is 0 Å². The number of esters is 2. The first kappa shape index (κ1) is 19.0. The van der Waals surface area contributed by atoms with Crippen molar-refractivity contribution in [1.82, 2.24) is 0 Å². The zero-order valence-corrected chi connectivity index (χ0v) is 15.2. The quantitative estimate of drug-likeness (QED) is 0.740. The Morgan fingerprint density at radius 3 is 2.52 bits per heavy atom. The first-order valence-corrected chi connectivity index (χ1v) is 8.43. The lowest BCUT2D eigenvalue weighted by molar-refractivity contribution is -0.162. The molecule has 0 spiro atoms. The molecule has 2 rings (SSSR count). The number of carbonyl (C=O) groups is 2. The van der Waals surface area contributed by atoms with Gasteiger partial charge in [-0.2, -0.15) is 0 Å². The number of ether oxygens (including phenoxy) is 3. The van der Waals surface area contributed by atoms with Gasteiger partial charge in [0.05, 0.1) is 6.61 Å². The van der Waals surface area contributed by atoms with Gasteiger partial charge in [-0.3, -0.25) is 4.79 Å². The Balaban J connectivity index is 2.25. The van der Waals surface area contributed by atoms with Crippen molar-refractivity contribution in [3.8, 4) is 0 Å². The minimum Gasteiger partial charge on any atom is -0.474 e. The van der Waals surface area contributed by atoms with Gasteiger partial charge >= 0.3 is 11.9 Å². The number of carbonyl (C=O) groups excluding carboxylic acids is 2. The highest BCUT2D eigenvalue weighted by Crippen LogP contribution is 2.30. The third-order valence-corrected chi connectivity index (χ3v) is 3.61. The highest BCUT2D eigenvalue weighted by molar-refractivity contribution is 5.99. The van der Waals surface area contributed by atoms with Gasteiger partial charge in [-0.05, 0) is 46.2 Å². The molecule has 0 saturated heterocycles. The average molecular weight is 347 g/mol. The molecule has 1 aromatic rings. The van der Waals surface area contributed by atoms with Crippen LogP contribution < -0.4 is 0 Å². The Morgan fingerprint density at radius 1 is 1.24 bits per heavy atom. The molecule has 0 radical (unpaired) electrons. The van der Waals surface area contributed by atoms with Gasteiger partial charge in [-0.25, -0.2) is 9.79 Å². The summed E-state index contributed by atoms with van der Waals surface area (Å²) in [6.07, 6.45) is 0.249. The van der Waals surface area contributed by atoms with Crippen LogP contribution in [0.5, 0.6) is 0 Å². The molecule has 1 aliphatic heterocycles. The Labute approximate surface area is 148 Å². The Kier molecular flexibility index (Phi) is 5.82. The molecule has 6 nitrogen and oxygen atoms in total. The van der Waals surface area contributed by atoms with E-state index in [1.54, 1.807) is 27.7 Å². The number of benzene rings is 1. The van der Waals surface area contributed by atoms with Crippen LogP contribution in [0.3, 0.4) is 0 Å². The van der Waals surface area contributed by atoms with Crippen molar-refractivity contribution in [3.63, 3.8) is 0 Å². The summed E-state index contributed by atoms with van der Waals surface area (Å²) in [4.78, 5) is 29.0. The molecular formula is C19H25NO5. The second-order valence-electron chi connectivity index (χ2n) is 6.91. The third-order valence-electron chi connectivity index (χ3n) is 3.61. The molecule has 1 aliphatic rings. The number of nitrogens with zero attached hydrogens (tertiary/aromatic N) is 1. The smallest absolute Gasteiger partial charge is 0.338 e. The van der Waals surface area contributed by atoms with Gasteiger partial charge in [-0.15, -0.1) is 0 Å². The topological polar surface area (TPSA) is 74.2 Å². The molecular weight excluding hydrogens is 322 g/mol. The number of rotatable bonds is 6. The summed E-state index contributed by atoms with van der Waals surface area (Å²) < 4.78 is 16.2. The fourth-order valence-electron chi connectivity index (χ4n) is 2.43. The molecule has 0 saturated carbocycles. The Hall–Kier alpha value is -2.37. The summed E-state index contributed by atoms with van der Waals surface area (Å²) in [6, 6.07) is 9.34. The molecule has 0 bridgehead atoms. The van der Waals surface area contributed by atoms with E-state index in [4.69, 9.17) is 14.2 Å². The maximum absolute atomic E-state index is 12.8. The van der Waals surface area contributed by atoms with Crippen molar-refractivity contribution in [2.24, 2.45) is 4.99 Å². The number of hydrogen-bond acceptors (Lipinski definition) is 6. The Bertz CT molecular complexity index is 648. The summed E-state index contributed by atoms with van der Waals surface area (Å²) in [5.41, 5.74) is -1.10. The van der Waals surface area contributed by atoms with Crippen molar-refractivity contribution in [3.05, 3.63) is 35.9 Å². The second-order valence-corrected chi connectivity index (χ2v) is 6.91. The summed E-state index contributed by atoms with van der Waals surface area (Å²) in [5.74, 6) is -0.473. The van der Waals surface area contributed by atoms with Crippen LogP contribution in [-0.4, -0.2) is 42.2 Å². The summed E-state index contributed by atoms with van der Waals surface area (Å²) in [7, 11) is 0. The molecule has 0 N–H and O–H groups in total. The van der Waals surface area contributed by atoms with Crippen molar-refractivity contribution >= 4 is 17.8 Å². The Morgan fingerprint density at radius 2 is 1.92 bits per heavy atom. The van der Waals surface area contributed by atoms with Crippen LogP contribution in [0.25, 0.3) is 0 Å². The van der Waals surface area contributed by atoms with Crippen molar-refractivity contribution in [2.45, 2.75) is 51.7 Å². The molecule has 1 aromatic carbocycles. The SMILES string of the molecule is CCOC(=O)CC[C@@]1(C(=O)OC(C)(C)C)COC(c2ccccc2)=N1. The lowest BCUT2D eigenvalue weighted by atomic mass is 9.95. The summed E-state index contributed by atoms with van der Waals surface area (Å²) in [6.45, 7) is 7.47. The van der Waals surface area contributed by atoms with Crippen LogP contribution in [0.15, 0.2) is 35.3 Å². The van der Waals surface area contributed by atoms with Crippen LogP contribution in [0.4, 0.5) is 0 Å². The monoisotopic (exact) mass is 347 g/mol. The van der Waals surface area contributed by atoms with Gasteiger partial charge in [0, 0.05) is 12.0 Å². The van der Waals surface area contributed by atoms with Gasteiger partial charge in [0.25, 0.3) is 0 Å². The molecule has 0 aromatic heterocycles. The van der Waals surface area contributed by atoms with Gasteiger partial charge in [0.15, 0.2) is 5.54 Å². The normalized spacial score (nSPS) is 19.8. The first-order chi connectivity index (χ1) is 11.8. The predicted molar refractivity (Wildman–Crippen MR) is 93.4 cm³/mol. The van der Waals surface area contributed by atoms with Crippen LogP contribution >= 0.6 is 0 Å². The fourth-order valence-corrected chi connectivity index (χ4v) is 2.43. The largest absolute Gasteiger partial charge is 0.474 e. The van der Waals surface area contributed by atoms with Crippen LogP contribution in [0, 0.1) is 0 Å².